The summed E-state index contributed by atoms with van der Waals surface area (Å²) in [5.74, 6) is -0.0765. The van der Waals surface area contributed by atoms with E-state index >= 15 is 0 Å². The van der Waals surface area contributed by atoms with E-state index in [1.807, 2.05) is 6.92 Å². The Morgan fingerprint density at radius 3 is 2.65 bits per heavy atom. The van der Waals surface area contributed by atoms with Gasteiger partial charge in [0, 0.05) is 18.3 Å². The fourth-order valence-electron chi connectivity index (χ4n) is 2.94. The van der Waals surface area contributed by atoms with E-state index in [1.165, 1.54) is 16.7 Å². The monoisotopic (exact) mass is 301 g/mol. The predicted molar refractivity (Wildman–Crippen MR) is 78.8 cm³/mol. The maximum atomic E-state index is 12.4. The lowest BCUT2D eigenvalue weighted by molar-refractivity contribution is -0.141. The molecule has 0 spiro atoms. The first-order valence-corrected chi connectivity index (χ1v) is 8.06. The first kappa shape index (κ1) is 15.4. The molecule has 0 aromatic heterocycles. The molecule has 2 amide bonds. The third-order valence-corrected chi connectivity index (χ3v) is 5.38. The van der Waals surface area contributed by atoms with Crippen LogP contribution in [0.4, 0.5) is 4.79 Å². The molecule has 6 nitrogen and oxygen atoms in total. The zero-order valence-electron chi connectivity index (χ0n) is 12.2. The van der Waals surface area contributed by atoms with Crippen LogP contribution >= 0.6 is 11.8 Å². The molecule has 0 aromatic carbocycles. The molecular weight excluding hydrogens is 278 g/mol. The minimum Gasteiger partial charge on any atom is -0.480 e. The van der Waals surface area contributed by atoms with E-state index in [9.17, 15) is 14.7 Å². The van der Waals surface area contributed by atoms with Crippen molar-refractivity contribution in [3.8, 4) is 0 Å². The largest absolute Gasteiger partial charge is 0.480 e. The zero-order valence-corrected chi connectivity index (χ0v) is 13.0. The molecule has 4 unspecified atom stereocenters. The van der Waals surface area contributed by atoms with Crippen molar-refractivity contribution in [1.82, 2.24) is 15.1 Å². The van der Waals surface area contributed by atoms with E-state index in [4.69, 9.17) is 0 Å². The number of carboxylic acids is 1. The fraction of sp³-hybridized carbons (Fsp3) is 0.846. The number of nitrogens with zero attached hydrogens (tertiary/aromatic N) is 2. The maximum Gasteiger partial charge on any atom is 0.327 e. The van der Waals surface area contributed by atoms with Crippen LogP contribution in [0.1, 0.15) is 20.3 Å². The number of piperidine rings is 1. The highest BCUT2D eigenvalue weighted by molar-refractivity contribution is 8.00. The quantitative estimate of drug-likeness (QED) is 0.792. The van der Waals surface area contributed by atoms with Crippen molar-refractivity contribution in [3.05, 3.63) is 0 Å². The summed E-state index contributed by atoms with van der Waals surface area (Å²) in [6, 6.07) is -0.821. The highest BCUT2D eigenvalue weighted by Gasteiger charge is 2.40. The molecule has 2 saturated heterocycles. The second kappa shape index (κ2) is 6.22. The van der Waals surface area contributed by atoms with Crippen molar-refractivity contribution >= 4 is 23.8 Å². The summed E-state index contributed by atoms with van der Waals surface area (Å²) >= 11 is 1.51. The summed E-state index contributed by atoms with van der Waals surface area (Å²) in [5, 5.41) is 12.1. The van der Waals surface area contributed by atoms with Crippen LogP contribution in [0.5, 0.6) is 0 Å². The summed E-state index contributed by atoms with van der Waals surface area (Å²) in [7, 11) is 2.08. The third kappa shape index (κ3) is 3.20. The number of hydrogen-bond acceptors (Lipinski definition) is 4. The van der Waals surface area contributed by atoms with Crippen LogP contribution in [0.3, 0.4) is 0 Å². The van der Waals surface area contributed by atoms with Crippen molar-refractivity contribution in [2.24, 2.45) is 5.92 Å². The number of likely N-dealkylation sites (tertiary alicyclic amines) is 1. The Balaban J connectivity index is 1.98. The van der Waals surface area contributed by atoms with E-state index in [0.717, 1.165) is 19.5 Å². The Bertz CT molecular complexity index is 393. The normalized spacial score (nSPS) is 35.0. The average Bonchev–Trinajstić information content (AvgIpc) is 2.75. The summed E-state index contributed by atoms with van der Waals surface area (Å²) in [5.41, 5.74) is 0. The topological polar surface area (TPSA) is 72.9 Å². The van der Waals surface area contributed by atoms with Crippen LogP contribution in [-0.4, -0.2) is 70.3 Å². The molecule has 0 aliphatic carbocycles. The van der Waals surface area contributed by atoms with Gasteiger partial charge in [-0.2, -0.15) is 0 Å². The number of aliphatic carboxylic acids is 1. The molecule has 2 heterocycles. The van der Waals surface area contributed by atoms with Gasteiger partial charge in [-0.05, 0) is 32.9 Å². The SMILES string of the molecule is CC1CN(C)CCC1NC(=O)N1C(C)SCC1C(=O)O. The second-order valence-corrected chi connectivity index (χ2v) is 7.13. The number of thioether (sulfide) groups is 1. The van der Waals surface area contributed by atoms with Crippen molar-refractivity contribution in [1.29, 1.82) is 0 Å². The first-order chi connectivity index (χ1) is 9.40. The summed E-state index contributed by atoms with van der Waals surface area (Å²) in [4.78, 5) is 27.3. The van der Waals surface area contributed by atoms with Gasteiger partial charge in [-0.15, -0.1) is 11.8 Å². The smallest absolute Gasteiger partial charge is 0.327 e. The van der Waals surface area contributed by atoms with Crippen molar-refractivity contribution in [2.45, 2.75) is 37.7 Å². The molecule has 0 aromatic rings. The van der Waals surface area contributed by atoms with Gasteiger partial charge in [0.25, 0.3) is 0 Å². The number of urea groups is 1. The molecule has 2 aliphatic heterocycles. The molecule has 2 N–H and O–H groups in total. The molecule has 114 valence electrons. The van der Waals surface area contributed by atoms with Crippen molar-refractivity contribution in [3.63, 3.8) is 0 Å². The predicted octanol–water partition coefficient (Wildman–Crippen LogP) is 0.884. The van der Waals surface area contributed by atoms with Gasteiger partial charge < -0.3 is 15.3 Å². The Kier molecular flexibility index (Phi) is 4.80. The number of nitrogens with one attached hydrogen (secondary N) is 1. The van der Waals surface area contributed by atoms with E-state index in [-0.39, 0.29) is 17.4 Å². The zero-order chi connectivity index (χ0) is 14.9. The maximum absolute atomic E-state index is 12.4. The lowest BCUT2D eigenvalue weighted by Gasteiger charge is -2.37. The highest BCUT2D eigenvalue weighted by Crippen LogP contribution is 2.29. The Morgan fingerprint density at radius 1 is 1.35 bits per heavy atom. The molecule has 0 bridgehead atoms. The van der Waals surface area contributed by atoms with E-state index in [0.29, 0.717) is 11.7 Å². The summed E-state index contributed by atoms with van der Waals surface area (Å²) in [6.45, 7) is 5.92. The number of carbonyl (C=O) groups is 2. The number of rotatable bonds is 2. The number of carbonyl (C=O) groups excluding carboxylic acids is 1. The molecular formula is C13H23N3O3S. The van der Waals surface area contributed by atoms with Gasteiger partial charge in [0.05, 0.1) is 5.37 Å². The molecule has 0 radical (unpaired) electrons. The fourth-order valence-corrected chi connectivity index (χ4v) is 4.11. The summed E-state index contributed by atoms with van der Waals surface area (Å²) in [6.07, 6.45) is 0.913. The standard InChI is InChI=1S/C13H23N3O3S/c1-8-6-15(3)5-4-10(8)14-13(19)16-9(2)20-7-11(16)12(17)18/h8-11H,4-7H2,1-3H3,(H,14,19)(H,17,18). The number of hydrogen-bond donors (Lipinski definition) is 2. The van der Waals surface area contributed by atoms with Gasteiger partial charge in [-0.25, -0.2) is 9.59 Å². The van der Waals surface area contributed by atoms with Crippen LogP contribution in [0.2, 0.25) is 0 Å². The van der Waals surface area contributed by atoms with E-state index in [1.54, 1.807) is 0 Å². The molecule has 2 rings (SSSR count). The van der Waals surface area contributed by atoms with Gasteiger partial charge >= 0.3 is 12.0 Å². The molecule has 2 aliphatic rings. The Morgan fingerprint density at radius 2 is 2.05 bits per heavy atom. The minimum absolute atomic E-state index is 0.0855. The van der Waals surface area contributed by atoms with E-state index < -0.39 is 12.0 Å². The van der Waals surface area contributed by atoms with Gasteiger partial charge in [-0.3, -0.25) is 4.90 Å². The van der Waals surface area contributed by atoms with E-state index in [2.05, 4.69) is 24.2 Å². The third-order valence-electron chi connectivity index (χ3n) is 4.16. The number of carboxylic acid groups (broad SMARTS) is 1. The van der Waals surface area contributed by atoms with Crippen LogP contribution in [0, 0.1) is 5.92 Å². The molecule has 4 atom stereocenters. The molecule has 20 heavy (non-hydrogen) atoms. The van der Waals surface area contributed by atoms with Crippen LogP contribution < -0.4 is 5.32 Å². The second-order valence-electron chi connectivity index (χ2n) is 5.78. The van der Waals surface area contributed by atoms with Crippen molar-refractivity contribution < 1.29 is 14.7 Å². The molecule has 2 fully saturated rings. The average molecular weight is 301 g/mol. The van der Waals surface area contributed by atoms with Gasteiger partial charge in [0.1, 0.15) is 6.04 Å². The first-order valence-electron chi connectivity index (χ1n) is 7.02. The van der Waals surface area contributed by atoms with Crippen LogP contribution in [0.15, 0.2) is 0 Å². The highest BCUT2D eigenvalue weighted by atomic mass is 32.2. The minimum atomic E-state index is -0.923. The lowest BCUT2D eigenvalue weighted by atomic mass is 9.94. The Hall–Kier alpha value is -0.950. The molecule has 0 saturated carbocycles. The van der Waals surface area contributed by atoms with Gasteiger partial charge in [0.2, 0.25) is 0 Å². The number of amides is 2. The van der Waals surface area contributed by atoms with Crippen LogP contribution in [-0.2, 0) is 4.79 Å². The molecule has 7 heteroatoms. The summed E-state index contributed by atoms with van der Waals surface area (Å²) < 4.78 is 0. The Labute approximate surface area is 123 Å². The van der Waals surface area contributed by atoms with Gasteiger partial charge in [-0.1, -0.05) is 6.92 Å². The lowest BCUT2D eigenvalue weighted by Crippen LogP contribution is -2.55. The van der Waals surface area contributed by atoms with Crippen molar-refractivity contribution in [2.75, 3.05) is 25.9 Å². The van der Waals surface area contributed by atoms with Gasteiger partial charge in [0.15, 0.2) is 0 Å². The van der Waals surface area contributed by atoms with Crippen LogP contribution in [0.25, 0.3) is 0 Å².